The van der Waals surface area contributed by atoms with Crippen LogP contribution in [-0.2, 0) is 0 Å². The second kappa shape index (κ2) is 4.07. The largest absolute Gasteiger partial charge is 0.497 e. The molecule has 0 saturated carbocycles. The molecule has 0 atom stereocenters. The van der Waals surface area contributed by atoms with E-state index in [9.17, 15) is 0 Å². The average molecular weight is 239 g/mol. The molecule has 0 aliphatic rings. The lowest BCUT2D eigenvalue weighted by molar-refractivity contribution is 0.415. The van der Waals surface area contributed by atoms with Gasteiger partial charge in [-0.05, 0) is 24.3 Å². The third-order valence-corrected chi connectivity index (χ3v) is 2.94. The molecule has 18 heavy (non-hydrogen) atoms. The first kappa shape index (κ1) is 10.7. The van der Waals surface area contributed by atoms with E-state index in [0.29, 0.717) is 5.69 Å². The second-order valence-electron chi connectivity index (χ2n) is 4.04. The molecule has 0 aliphatic heterocycles. The van der Waals surface area contributed by atoms with Gasteiger partial charge in [-0.1, -0.05) is 12.1 Å². The van der Waals surface area contributed by atoms with Crippen LogP contribution >= 0.6 is 0 Å². The first-order valence-electron chi connectivity index (χ1n) is 5.66. The van der Waals surface area contributed by atoms with E-state index >= 15 is 0 Å². The zero-order valence-electron chi connectivity index (χ0n) is 10.00. The van der Waals surface area contributed by atoms with E-state index in [4.69, 9.17) is 10.5 Å². The number of ether oxygens (including phenoxy) is 1. The summed E-state index contributed by atoms with van der Waals surface area (Å²) in [5.74, 6) is 0.804. The van der Waals surface area contributed by atoms with Crippen molar-refractivity contribution in [3.05, 3.63) is 48.7 Å². The quantitative estimate of drug-likeness (QED) is 0.699. The summed E-state index contributed by atoms with van der Waals surface area (Å²) in [6.07, 6.45) is 1.82. The van der Waals surface area contributed by atoms with Crippen LogP contribution in [0.3, 0.4) is 0 Å². The molecule has 0 bridgehead atoms. The summed E-state index contributed by atoms with van der Waals surface area (Å²) in [5.41, 5.74) is 8.54. The number of hydrogen-bond acceptors (Lipinski definition) is 3. The lowest BCUT2D eigenvalue weighted by Crippen LogP contribution is -2.00. The minimum absolute atomic E-state index is 0.699. The summed E-state index contributed by atoms with van der Waals surface area (Å²) in [4.78, 5) is 0. The number of aromatic nitrogens is 2. The van der Waals surface area contributed by atoms with Crippen LogP contribution in [0.2, 0.25) is 0 Å². The Morgan fingerprint density at radius 3 is 2.78 bits per heavy atom. The van der Waals surface area contributed by atoms with Crippen molar-refractivity contribution in [3.8, 4) is 11.4 Å². The fourth-order valence-corrected chi connectivity index (χ4v) is 2.00. The highest BCUT2D eigenvalue weighted by molar-refractivity contribution is 5.82. The molecule has 0 radical (unpaired) electrons. The van der Waals surface area contributed by atoms with Crippen molar-refractivity contribution < 1.29 is 4.74 Å². The number of rotatable bonds is 2. The van der Waals surface area contributed by atoms with E-state index in [0.717, 1.165) is 22.3 Å². The van der Waals surface area contributed by atoms with Crippen molar-refractivity contribution in [1.29, 1.82) is 0 Å². The van der Waals surface area contributed by atoms with Gasteiger partial charge in [0.1, 0.15) is 5.75 Å². The lowest BCUT2D eigenvalue weighted by Gasteiger charge is -2.07. The molecule has 0 saturated heterocycles. The highest BCUT2D eigenvalue weighted by Crippen LogP contribution is 2.25. The minimum Gasteiger partial charge on any atom is -0.497 e. The Morgan fingerprint density at radius 2 is 2.00 bits per heavy atom. The van der Waals surface area contributed by atoms with Crippen LogP contribution in [-0.4, -0.2) is 16.9 Å². The first-order chi connectivity index (χ1) is 8.79. The van der Waals surface area contributed by atoms with Crippen LogP contribution in [0.1, 0.15) is 0 Å². The number of fused-ring (bicyclic) bond motifs is 1. The van der Waals surface area contributed by atoms with Gasteiger partial charge in [0, 0.05) is 11.5 Å². The van der Waals surface area contributed by atoms with E-state index in [1.54, 1.807) is 7.11 Å². The maximum absolute atomic E-state index is 5.98. The summed E-state index contributed by atoms with van der Waals surface area (Å²) in [7, 11) is 1.65. The lowest BCUT2D eigenvalue weighted by atomic mass is 10.2. The van der Waals surface area contributed by atoms with E-state index in [1.807, 2.05) is 53.3 Å². The van der Waals surface area contributed by atoms with Gasteiger partial charge in [0.15, 0.2) is 0 Å². The highest BCUT2D eigenvalue weighted by atomic mass is 16.5. The zero-order valence-corrected chi connectivity index (χ0v) is 10.00. The van der Waals surface area contributed by atoms with Gasteiger partial charge in [-0.25, -0.2) is 4.68 Å². The van der Waals surface area contributed by atoms with Crippen LogP contribution in [0, 0.1) is 0 Å². The topological polar surface area (TPSA) is 53.1 Å². The van der Waals surface area contributed by atoms with E-state index in [2.05, 4.69) is 5.10 Å². The smallest absolute Gasteiger partial charge is 0.121 e. The fraction of sp³-hybridized carbons (Fsp3) is 0.0714. The van der Waals surface area contributed by atoms with Crippen LogP contribution in [0.5, 0.6) is 5.75 Å². The predicted molar refractivity (Wildman–Crippen MR) is 72.0 cm³/mol. The number of nitrogen functional groups attached to an aromatic ring is 1. The van der Waals surface area contributed by atoms with Gasteiger partial charge in [0.05, 0.1) is 30.2 Å². The van der Waals surface area contributed by atoms with E-state index in [1.165, 1.54) is 0 Å². The van der Waals surface area contributed by atoms with E-state index in [-0.39, 0.29) is 0 Å². The van der Waals surface area contributed by atoms with Crippen molar-refractivity contribution in [3.63, 3.8) is 0 Å². The van der Waals surface area contributed by atoms with Gasteiger partial charge >= 0.3 is 0 Å². The highest BCUT2D eigenvalue weighted by Gasteiger charge is 2.08. The SMILES string of the molecule is COc1ccc2cnn(-c3ccccc3N)c2c1. The second-order valence-corrected chi connectivity index (χ2v) is 4.04. The van der Waals surface area contributed by atoms with E-state index < -0.39 is 0 Å². The molecule has 4 heteroatoms. The minimum atomic E-state index is 0.699. The monoisotopic (exact) mass is 239 g/mol. The fourth-order valence-electron chi connectivity index (χ4n) is 2.00. The Kier molecular flexibility index (Phi) is 2.41. The van der Waals surface area contributed by atoms with Crippen molar-refractivity contribution >= 4 is 16.6 Å². The summed E-state index contributed by atoms with van der Waals surface area (Å²) < 4.78 is 7.07. The van der Waals surface area contributed by atoms with Gasteiger partial charge in [0.25, 0.3) is 0 Å². The van der Waals surface area contributed by atoms with Crippen LogP contribution in [0.15, 0.2) is 48.7 Å². The van der Waals surface area contributed by atoms with Crippen molar-refractivity contribution in [2.24, 2.45) is 0 Å². The number of nitrogens with zero attached hydrogens (tertiary/aromatic N) is 2. The maximum atomic E-state index is 5.98. The van der Waals surface area contributed by atoms with Gasteiger partial charge in [-0.3, -0.25) is 0 Å². The molecule has 3 aromatic rings. The Hall–Kier alpha value is -2.49. The number of anilines is 1. The Labute approximate surface area is 105 Å². The van der Waals surface area contributed by atoms with Gasteiger partial charge in [0.2, 0.25) is 0 Å². The molecule has 0 aliphatic carbocycles. The molecule has 4 nitrogen and oxygen atoms in total. The van der Waals surface area contributed by atoms with Crippen LogP contribution in [0.4, 0.5) is 5.69 Å². The molecule has 2 N–H and O–H groups in total. The van der Waals surface area contributed by atoms with Gasteiger partial charge < -0.3 is 10.5 Å². The average Bonchev–Trinajstić information content (AvgIpc) is 2.82. The number of para-hydroxylation sites is 2. The van der Waals surface area contributed by atoms with Crippen molar-refractivity contribution in [2.45, 2.75) is 0 Å². The summed E-state index contributed by atoms with van der Waals surface area (Å²) in [6.45, 7) is 0. The number of benzene rings is 2. The molecule has 0 spiro atoms. The van der Waals surface area contributed by atoms with Crippen molar-refractivity contribution in [2.75, 3.05) is 12.8 Å². The van der Waals surface area contributed by atoms with Gasteiger partial charge in [-0.2, -0.15) is 5.10 Å². The number of nitrogens with two attached hydrogens (primary N) is 1. The van der Waals surface area contributed by atoms with Crippen molar-refractivity contribution in [1.82, 2.24) is 9.78 Å². The number of hydrogen-bond donors (Lipinski definition) is 1. The maximum Gasteiger partial charge on any atom is 0.121 e. The molecule has 1 aromatic heterocycles. The summed E-state index contributed by atoms with van der Waals surface area (Å²) >= 11 is 0. The molecule has 0 fully saturated rings. The number of methoxy groups -OCH3 is 1. The molecular weight excluding hydrogens is 226 g/mol. The summed E-state index contributed by atoms with van der Waals surface area (Å²) in [5, 5.41) is 5.44. The summed E-state index contributed by atoms with van der Waals surface area (Å²) in [6, 6.07) is 13.5. The Bertz CT molecular complexity index is 703. The Balaban J connectivity index is 2.26. The third kappa shape index (κ3) is 1.59. The molecule has 90 valence electrons. The molecular formula is C14H13N3O. The third-order valence-electron chi connectivity index (χ3n) is 2.94. The molecule has 3 rings (SSSR count). The normalized spacial score (nSPS) is 10.7. The first-order valence-corrected chi connectivity index (χ1v) is 5.66. The zero-order chi connectivity index (χ0) is 12.5. The van der Waals surface area contributed by atoms with Crippen LogP contribution < -0.4 is 10.5 Å². The molecule has 2 aromatic carbocycles. The van der Waals surface area contributed by atoms with Crippen LogP contribution in [0.25, 0.3) is 16.6 Å². The Morgan fingerprint density at radius 1 is 1.17 bits per heavy atom. The molecule has 1 heterocycles. The molecule has 0 amide bonds. The standard InChI is InChI=1S/C14H13N3O/c1-18-11-7-6-10-9-16-17(14(10)8-11)13-5-3-2-4-12(13)15/h2-9H,15H2,1H3. The predicted octanol–water partition coefficient (Wildman–Crippen LogP) is 2.62. The van der Waals surface area contributed by atoms with Gasteiger partial charge in [-0.15, -0.1) is 0 Å². The molecule has 0 unspecified atom stereocenters.